The first-order valence-corrected chi connectivity index (χ1v) is 8.43. The molecule has 0 aromatic heterocycles. The van der Waals surface area contributed by atoms with E-state index in [9.17, 15) is 5.11 Å². The molecule has 2 atom stereocenters. The summed E-state index contributed by atoms with van der Waals surface area (Å²) in [5.74, 6) is 0. The zero-order valence-electron chi connectivity index (χ0n) is 13.6. The summed E-state index contributed by atoms with van der Waals surface area (Å²) in [6, 6.07) is 19.9. The third kappa shape index (κ3) is 1.89. The zero-order valence-corrected chi connectivity index (χ0v) is 13.6. The summed E-state index contributed by atoms with van der Waals surface area (Å²) in [5.41, 5.74) is 1.28. The molecular weight excluding hydrogens is 298 g/mol. The molecule has 0 unspecified atom stereocenters. The first-order chi connectivity index (χ1) is 11.8. The standard InChI is InChI=1S/C21H19NO2/c1-22-19(11-16(12-23)24-22)17-9-7-15-6-5-13-3-2-4-14-8-10-18(17)21(15)20(13)14/h2-10,16,19,23H,11-12H2,1H3/t16-,19+/m0/s1. The van der Waals surface area contributed by atoms with Crippen LogP contribution in [-0.4, -0.2) is 29.9 Å². The maximum Gasteiger partial charge on any atom is 0.104 e. The second kappa shape index (κ2) is 5.15. The predicted octanol–water partition coefficient (Wildman–Crippen LogP) is 4.25. The third-order valence-electron chi connectivity index (χ3n) is 5.37. The van der Waals surface area contributed by atoms with Crippen molar-refractivity contribution in [3.8, 4) is 0 Å². The van der Waals surface area contributed by atoms with E-state index in [0.29, 0.717) is 0 Å². The van der Waals surface area contributed by atoms with E-state index >= 15 is 0 Å². The highest BCUT2D eigenvalue weighted by Crippen LogP contribution is 2.41. The van der Waals surface area contributed by atoms with Crippen molar-refractivity contribution in [3.05, 3.63) is 60.2 Å². The van der Waals surface area contributed by atoms with Crippen molar-refractivity contribution in [3.63, 3.8) is 0 Å². The van der Waals surface area contributed by atoms with E-state index in [1.54, 1.807) is 0 Å². The van der Waals surface area contributed by atoms with Crippen LogP contribution in [0.3, 0.4) is 0 Å². The van der Waals surface area contributed by atoms with Gasteiger partial charge in [0.15, 0.2) is 0 Å². The van der Waals surface area contributed by atoms with Crippen molar-refractivity contribution in [1.82, 2.24) is 5.06 Å². The summed E-state index contributed by atoms with van der Waals surface area (Å²) in [4.78, 5) is 5.75. The Labute approximate surface area is 140 Å². The van der Waals surface area contributed by atoms with Crippen LogP contribution in [0.5, 0.6) is 0 Å². The fourth-order valence-electron chi connectivity index (χ4n) is 4.23. The van der Waals surface area contributed by atoms with Gasteiger partial charge in [-0.1, -0.05) is 54.6 Å². The Morgan fingerprint density at radius 1 is 0.958 bits per heavy atom. The van der Waals surface area contributed by atoms with E-state index in [0.717, 1.165) is 6.42 Å². The molecule has 1 aliphatic rings. The van der Waals surface area contributed by atoms with Gasteiger partial charge in [0.05, 0.1) is 12.6 Å². The number of hydrogen-bond donors (Lipinski definition) is 1. The molecule has 120 valence electrons. The van der Waals surface area contributed by atoms with Gasteiger partial charge in [-0.2, -0.15) is 5.06 Å². The van der Waals surface area contributed by atoms with E-state index in [4.69, 9.17) is 4.84 Å². The van der Waals surface area contributed by atoms with Gasteiger partial charge in [0.2, 0.25) is 0 Å². The average molecular weight is 317 g/mol. The van der Waals surface area contributed by atoms with Crippen LogP contribution in [-0.2, 0) is 4.84 Å². The van der Waals surface area contributed by atoms with Crippen LogP contribution < -0.4 is 0 Å². The lowest BCUT2D eigenvalue weighted by molar-refractivity contribution is -0.153. The maximum atomic E-state index is 9.43. The van der Waals surface area contributed by atoms with E-state index in [2.05, 4.69) is 54.6 Å². The Kier molecular flexibility index (Phi) is 3.04. The molecule has 0 amide bonds. The van der Waals surface area contributed by atoms with E-state index in [1.807, 2.05) is 12.1 Å². The van der Waals surface area contributed by atoms with Crippen LogP contribution in [0, 0.1) is 0 Å². The molecular formula is C21H19NO2. The number of aliphatic hydroxyl groups excluding tert-OH is 1. The van der Waals surface area contributed by atoms with Gasteiger partial charge in [0.1, 0.15) is 6.10 Å². The van der Waals surface area contributed by atoms with Crippen molar-refractivity contribution < 1.29 is 9.94 Å². The van der Waals surface area contributed by atoms with Gasteiger partial charge in [-0.25, -0.2) is 0 Å². The summed E-state index contributed by atoms with van der Waals surface area (Å²) in [7, 11) is 1.96. The summed E-state index contributed by atoms with van der Waals surface area (Å²) in [6.07, 6.45) is 0.704. The van der Waals surface area contributed by atoms with Gasteiger partial charge in [-0.3, -0.25) is 4.84 Å². The highest BCUT2D eigenvalue weighted by atomic mass is 16.7. The van der Waals surface area contributed by atoms with E-state index in [-0.39, 0.29) is 18.8 Å². The number of nitrogens with zero attached hydrogens (tertiary/aromatic N) is 1. The molecule has 4 aromatic carbocycles. The quantitative estimate of drug-likeness (QED) is 0.561. The largest absolute Gasteiger partial charge is 0.394 e. The first-order valence-electron chi connectivity index (χ1n) is 8.43. The van der Waals surface area contributed by atoms with Crippen LogP contribution in [0.15, 0.2) is 54.6 Å². The summed E-state index contributed by atoms with van der Waals surface area (Å²) in [5, 5.41) is 19.1. The lowest BCUT2D eigenvalue weighted by Crippen LogP contribution is -2.18. The summed E-state index contributed by atoms with van der Waals surface area (Å²) >= 11 is 0. The molecule has 3 heteroatoms. The SMILES string of the molecule is CN1O[C@H](CO)C[C@@H]1c1ccc2ccc3cccc4ccc1c2c34. The number of aliphatic hydroxyl groups is 1. The molecule has 3 nitrogen and oxygen atoms in total. The van der Waals surface area contributed by atoms with Crippen molar-refractivity contribution >= 4 is 32.3 Å². The second-order valence-electron chi connectivity index (χ2n) is 6.72. The summed E-state index contributed by atoms with van der Waals surface area (Å²) < 4.78 is 0. The van der Waals surface area contributed by atoms with E-state index in [1.165, 1.54) is 37.9 Å². The first kappa shape index (κ1) is 14.2. The fourth-order valence-corrected chi connectivity index (χ4v) is 4.23. The van der Waals surface area contributed by atoms with Gasteiger partial charge in [0.25, 0.3) is 0 Å². The molecule has 1 fully saturated rings. The molecule has 1 saturated heterocycles. The van der Waals surface area contributed by atoms with Crippen molar-refractivity contribution in [2.75, 3.05) is 13.7 Å². The minimum Gasteiger partial charge on any atom is -0.394 e. The Morgan fingerprint density at radius 2 is 1.62 bits per heavy atom. The topological polar surface area (TPSA) is 32.7 Å². The van der Waals surface area contributed by atoms with Gasteiger partial charge < -0.3 is 5.11 Å². The van der Waals surface area contributed by atoms with Crippen molar-refractivity contribution in [2.45, 2.75) is 18.6 Å². The highest BCUT2D eigenvalue weighted by Gasteiger charge is 2.32. The van der Waals surface area contributed by atoms with Crippen molar-refractivity contribution in [1.29, 1.82) is 0 Å². The molecule has 0 saturated carbocycles. The Balaban J connectivity index is 1.81. The monoisotopic (exact) mass is 317 g/mol. The minimum absolute atomic E-state index is 0.0622. The lowest BCUT2D eigenvalue weighted by atomic mass is 9.89. The zero-order chi connectivity index (χ0) is 16.3. The number of hydrogen-bond acceptors (Lipinski definition) is 3. The molecule has 1 aliphatic heterocycles. The number of hydroxylamine groups is 2. The molecule has 1 heterocycles. The van der Waals surface area contributed by atoms with Gasteiger partial charge in [-0.05, 0) is 44.3 Å². The normalized spacial score (nSPS) is 22.2. The van der Waals surface area contributed by atoms with Crippen LogP contribution in [0.1, 0.15) is 18.0 Å². The van der Waals surface area contributed by atoms with E-state index < -0.39 is 0 Å². The van der Waals surface area contributed by atoms with Crippen LogP contribution in [0.25, 0.3) is 32.3 Å². The maximum absolute atomic E-state index is 9.43. The number of rotatable bonds is 2. The molecule has 5 rings (SSSR count). The van der Waals surface area contributed by atoms with Crippen LogP contribution in [0.4, 0.5) is 0 Å². The Morgan fingerprint density at radius 3 is 2.33 bits per heavy atom. The molecule has 0 bridgehead atoms. The molecule has 24 heavy (non-hydrogen) atoms. The Bertz CT molecular complexity index is 1030. The summed E-state index contributed by atoms with van der Waals surface area (Å²) in [6.45, 7) is 0.0622. The number of benzene rings is 4. The highest BCUT2D eigenvalue weighted by molar-refractivity contribution is 6.23. The van der Waals surface area contributed by atoms with Gasteiger partial charge in [-0.15, -0.1) is 0 Å². The fraction of sp³-hybridized carbons (Fsp3) is 0.238. The third-order valence-corrected chi connectivity index (χ3v) is 5.37. The van der Waals surface area contributed by atoms with Gasteiger partial charge >= 0.3 is 0 Å². The lowest BCUT2D eigenvalue weighted by Gasteiger charge is -2.21. The molecule has 0 radical (unpaired) electrons. The van der Waals surface area contributed by atoms with Crippen LogP contribution in [0.2, 0.25) is 0 Å². The predicted molar refractivity (Wildman–Crippen MR) is 97.2 cm³/mol. The Hall–Kier alpha value is -2.20. The average Bonchev–Trinajstić information content (AvgIpc) is 3.00. The molecule has 1 N–H and O–H groups in total. The van der Waals surface area contributed by atoms with Crippen LogP contribution >= 0.6 is 0 Å². The molecule has 0 spiro atoms. The smallest absolute Gasteiger partial charge is 0.104 e. The minimum atomic E-state index is -0.112. The second-order valence-corrected chi connectivity index (χ2v) is 6.72. The molecule has 4 aromatic rings. The van der Waals surface area contributed by atoms with Crippen molar-refractivity contribution in [2.24, 2.45) is 0 Å². The van der Waals surface area contributed by atoms with Gasteiger partial charge in [0, 0.05) is 7.05 Å². The molecule has 0 aliphatic carbocycles.